The molecular formula is C20H20ClN5O2. The van der Waals surface area contributed by atoms with Crippen molar-refractivity contribution in [2.45, 2.75) is 38.1 Å². The number of hydrogen-bond donors (Lipinski definition) is 0. The quantitative estimate of drug-likeness (QED) is 0.634. The summed E-state index contributed by atoms with van der Waals surface area (Å²) in [5.74, 6) is 1.26. The van der Waals surface area contributed by atoms with Crippen LogP contribution in [0.25, 0.3) is 11.6 Å². The second-order valence-electron chi connectivity index (χ2n) is 6.76. The summed E-state index contributed by atoms with van der Waals surface area (Å²) in [6.07, 6.45) is 6.75. The first-order valence-electron chi connectivity index (χ1n) is 9.33. The maximum absolute atomic E-state index is 12.8. The summed E-state index contributed by atoms with van der Waals surface area (Å²) in [6, 6.07) is 9.71. The molecule has 8 heteroatoms. The third-order valence-corrected chi connectivity index (χ3v) is 5.27. The van der Waals surface area contributed by atoms with Gasteiger partial charge in [-0.3, -0.25) is 4.79 Å². The molecule has 3 heterocycles. The smallest absolute Gasteiger partial charge is 0.240 e. The molecule has 1 atom stereocenters. The Hall–Kier alpha value is -2.80. The van der Waals surface area contributed by atoms with E-state index in [1.165, 1.54) is 0 Å². The SMILES string of the molecule is O=C(CCc1nc(-c2ncccn2)no1)N1CCCC1Cc1ccccc1Cl. The number of carbonyl (C=O) groups excluding carboxylic acids is 1. The minimum atomic E-state index is 0.102. The van der Waals surface area contributed by atoms with Crippen molar-refractivity contribution in [3.63, 3.8) is 0 Å². The van der Waals surface area contributed by atoms with Crippen molar-refractivity contribution in [3.05, 3.63) is 59.2 Å². The average Bonchev–Trinajstić information content (AvgIpc) is 3.38. The van der Waals surface area contributed by atoms with Gasteiger partial charge in [0.15, 0.2) is 0 Å². The maximum Gasteiger partial charge on any atom is 0.240 e. The molecule has 2 aromatic heterocycles. The lowest BCUT2D eigenvalue weighted by atomic mass is 10.0. The molecule has 1 aliphatic rings. The molecule has 0 N–H and O–H groups in total. The lowest BCUT2D eigenvalue weighted by Crippen LogP contribution is -2.37. The molecule has 0 aliphatic carbocycles. The van der Waals surface area contributed by atoms with Crippen molar-refractivity contribution in [3.8, 4) is 11.6 Å². The van der Waals surface area contributed by atoms with E-state index in [9.17, 15) is 4.79 Å². The van der Waals surface area contributed by atoms with E-state index < -0.39 is 0 Å². The fraction of sp³-hybridized carbons (Fsp3) is 0.350. The van der Waals surface area contributed by atoms with E-state index in [4.69, 9.17) is 16.1 Å². The van der Waals surface area contributed by atoms with Gasteiger partial charge >= 0.3 is 0 Å². The number of aromatic nitrogens is 4. The molecule has 0 radical (unpaired) electrons. The van der Waals surface area contributed by atoms with Crippen LogP contribution < -0.4 is 0 Å². The van der Waals surface area contributed by atoms with E-state index in [1.807, 2.05) is 29.2 Å². The Bertz CT molecular complexity index is 947. The van der Waals surface area contributed by atoms with Gasteiger partial charge in [-0.15, -0.1) is 0 Å². The van der Waals surface area contributed by atoms with Crippen LogP contribution in [0, 0.1) is 0 Å². The molecule has 4 rings (SSSR count). The van der Waals surface area contributed by atoms with Gasteiger partial charge in [-0.05, 0) is 37.0 Å². The van der Waals surface area contributed by atoms with Gasteiger partial charge in [0.05, 0.1) is 0 Å². The van der Waals surface area contributed by atoms with Crippen LogP contribution in [0.4, 0.5) is 0 Å². The monoisotopic (exact) mass is 397 g/mol. The summed E-state index contributed by atoms with van der Waals surface area (Å²) in [7, 11) is 0. The summed E-state index contributed by atoms with van der Waals surface area (Å²) in [6.45, 7) is 0.779. The van der Waals surface area contributed by atoms with Crippen LogP contribution in [0.15, 0.2) is 47.2 Å². The van der Waals surface area contributed by atoms with E-state index in [-0.39, 0.29) is 11.9 Å². The van der Waals surface area contributed by atoms with Crippen LogP contribution in [0.3, 0.4) is 0 Å². The molecule has 1 amide bonds. The highest BCUT2D eigenvalue weighted by atomic mass is 35.5. The van der Waals surface area contributed by atoms with E-state index >= 15 is 0 Å². The summed E-state index contributed by atoms with van der Waals surface area (Å²) >= 11 is 6.28. The number of aryl methyl sites for hydroxylation is 1. The van der Waals surface area contributed by atoms with Crippen molar-refractivity contribution in [2.24, 2.45) is 0 Å². The molecule has 1 unspecified atom stereocenters. The van der Waals surface area contributed by atoms with Gasteiger partial charge in [-0.25, -0.2) is 9.97 Å². The summed E-state index contributed by atoms with van der Waals surface area (Å²) in [4.78, 5) is 27.2. The lowest BCUT2D eigenvalue weighted by molar-refractivity contribution is -0.132. The molecule has 28 heavy (non-hydrogen) atoms. The van der Waals surface area contributed by atoms with Gasteiger partial charge in [0.2, 0.25) is 23.4 Å². The van der Waals surface area contributed by atoms with Crippen LogP contribution in [-0.4, -0.2) is 43.5 Å². The number of carbonyl (C=O) groups is 1. The van der Waals surface area contributed by atoms with Gasteiger partial charge in [0.1, 0.15) is 0 Å². The number of rotatable bonds is 6. The third-order valence-electron chi connectivity index (χ3n) is 4.90. The average molecular weight is 398 g/mol. The van der Waals surface area contributed by atoms with Gasteiger partial charge in [-0.1, -0.05) is 35.0 Å². The van der Waals surface area contributed by atoms with Crippen molar-refractivity contribution in [2.75, 3.05) is 6.54 Å². The molecule has 3 aromatic rings. The molecule has 1 aliphatic heterocycles. The number of amides is 1. The Kier molecular flexibility index (Phi) is 5.62. The fourth-order valence-corrected chi connectivity index (χ4v) is 3.73. The van der Waals surface area contributed by atoms with Gasteiger partial charge in [0.25, 0.3) is 0 Å². The normalized spacial score (nSPS) is 16.5. The number of nitrogens with zero attached hydrogens (tertiary/aromatic N) is 5. The summed E-state index contributed by atoms with van der Waals surface area (Å²) < 4.78 is 5.24. The highest BCUT2D eigenvalue weighted by Crippen LogP contribution is 2.25. The summed E-state index contributed by atoms with van der Waals surface area (Å²) in [5.41, 5.74) is 1.08. The van der Waals surface area contributed by atoms with E-state index in [2.05, 4.69) is 20.1 Å². The number of benzene rings is 1. The number of hydrogen-bond acceptors (Lipinski definition) is 6. The van der Waals surface area contributed by atoms with Crippen LogP contribution >= 0.6 is 11.6 Å². The Morgan fingerprint density at radius 1 is 1.18 bits per heavy atom. The molecule has 0 spiro atoms. The standard InChI is InChI=1S/C20H20ClN5O2/c21-16-7-2-1-5-14(16)13-15-6-3-12-26(15)18(27)9-8-17-24-20(25-28-17)19-22-10-4-11-23-19/h1-2,4-5,7,10-11,15H,3,6,8-9,12-13H2. The van der Waals surface area contributed by atoms with Crippen LogP contribution in [0.1, 0.15) is 30.7 Å². The second kappa shape index (κ2) is 8.48. The van der Waals surface area contributed by atoms with Crippen molar-refractivity contribution >= 4 is 17.5 Å². The molecule has 1 aromatic carbocycles. The molecule has 1 fully saturated rings. The molecule has 0 saturated carbocycles. The predicted molar refractivity (Wildman–Crippen MR) is 104 cm³/mol. The Labute approximate surface area is 167 Å². The largest absolute Gasteiger partial charge is 0.339 e. The highest BCUT2D eigenvalue weighted by Gasteiger charge is 2.29. The number of likely N-dealkylation sites (tertiary alicyclic amines) is 1. The van der Waals surface area contributed by atoms with Crippen LogP contribution in [0.2, 0.25) is 5.02 Å². The first-order valence-corrected chi connectivity index (χ1v) is 9.71. The third kappa shape index (κ3) is 4.20. The van der Waals surface area contributed by atoms with Crippen LogP contribution in [-0.2, 0) is 17.6 Å². The highest BCUT2D eigenvalue weighted by molar-refractivity contribution is 6.31. The first kappa shape index (κ1) is 18.6. The van der Waals surface area contributed by atoms with E-state index in [1.54, 1.807) is 18.5 Å². The first-order chi connectivity index (χ1) is 13.7. The minimum Gasteiger partial charge on any atom is -0.339 e. The Balaban J connectivity index is 1.36. The van der Waals surface area contributed by atoms with Gasteiger partial charge < -0.3 is 9.42 Å². The Morgan fingerprint density at radius 2 is 2.00 bits per heavy atom. The summed E-state index contributed by atoms with van der Waals surface area (Å²) in [5, 5.41) is 4.64. The zero-order valence-corrected chi connectivity index (χ0v) is 16.0. The topological polar surface area (TPSA) is 85.0 Å². The molecule has 1 saturated heterocycles. The molecule has 7 nitrogen and oxygen atoms in total. The Morgan fingerprint density at radius 3 is 2.82 bits per heavy atom. The maximum atomic E-state index is 12.8. The molecule has 144 valence electrons. The van der Waals surface area contributed by atoms with Crippen molar-refractivity contribution in [1.82, 2.24) is 25.0 Å². The van der Waals surface area contributed by atoms with Crippen molar-refractivity contribution in [1.29, 1.82) is 0 Å². The minimum absolute atomic E-state index is 0.102. The number of halogens is 1. The second-order valence-corrected chi connectivity index (χ2v) is 7.17. The van der Waals surface area contributed by atoms with Crippen molar-refractivity contribution < 1.29 is 9.32 Å². The van der Waals surface area contributed by atoms with Crippen LogP contribution in [0.5, 0.6) is 0 Å². The zero-order valence-electron chi connectivity index (χ0n) is 15.3. The van der Waals surface area contributed by atoms with E-state index in [0.29, 0.717) is 30.4 Å². The molecular weight excluding hydrogens is 378 g/mol. The van der Waals surface area contributed by atoms with Gasteiger partial charge in [0, 0.05) is 42.8 Å². The zero-order chi connectivity index (χ0) is 19.3. The molecule has 0 bridgehead atoms. The van der Waals surface area contributed by atoms with Gasteiger partial charge in [-0.2, -0.15) is 4.98 Å². The lowest BCUT2D eigenvalue weighted by Gasteiger charge is -2.25. The van der Waals surface area contributed by atoms with E-state index in [0.717, 1.165) is 36.4 Å². The predicted octanol–water partition coefficient (Wildman–Crippen LogP) is 3.35. The fourth-order valence-electron chi connectivity index (χ4n) is 3.51.